The summed E-state index contributed by atoms with van der Waals surface area (Å²) in [6, 6.07) is 0. The van der Waals surface area contributed by atoms with Crippen molar-refractivity contribution in [2.24, 2.45) is 0 Å². The Balaban J connectivity index is 4.11. The van der Waals surface area contributed by atoms with E-state index in [2.05, 4.69) is 184 Å². The molecule has 0 spiro atoms. The van der Waals surface area contributed by atoms with Crippen LogP contribution in [0.25, 0.3) is 0 Å². The van der Waals surface area contributed by atoms with E-state index in [-0.39, 0.29) is 32.0 Å². The van der Waals surface area contributed by atoms with Crippen LogP contribution in [0, 0.1) is 0 Å². The third-order valence-electron chi connectivity index (χ3n) is 14.7. The van der Waals surface area contributed by atoms with Crippen molar-refractivity contribution < 1.29 is 42.1 Å². The van der Waals surface area contributed by atoms with E-state index in [0.717, 1.165) is 141 Å². The SMILES string of the molecule is CC/C=C\C/C=C\C/C=C\C/C=C\C/C=C\C/C=C\C/C=C\CCCCCCCCCCCCCCCC(=O)OC(COC(=O)CCCCCCCCCCC/C=C\C/C=C\C/C=C\C/C=C\C/C=C\C/C=C\C/C=C\CC)COP(=O)(O)OCC[N+](C)(C)C. The average molecular weight is 1270 g/mol. The van der Waals surface area contributed by atoms with Crippen molar-refractivity contribution in [3.05, 3.63) is 170 Å². The van der Waals surface area contributed by atoms with Crippen LogP contribution >= 0.6 is 7.82 Å². The maximum atomic E-state index is 12.9. The molecule has 0 aliphatic rings. The van der Waals surface area contributed by atoms with Gasteiger partial charge in [-0.3, -0.25) is 18.6 Å². The van der Waals surface area contributed by atoms with Gasteiger partial charge in [-0.25, -0.2) is 4.57 Å². The Morgan fingerprint density at radius 1 is 0.344 bits per heavy atom. The van der Waals surface area contributed by atoms with Gasteiger partial charge in [-0.1, -0.05) is 300 Å². The van der Waals surface area contributed by atoms with Crippen LogP contribution in [0.1, 0.15) is 271 Å². The first-order chi connectivity index (χ1) is 44.0. The largest absolute Gasteiger partial charge is 0.472 e. The molecule has 2 unspecified atom stereocenters. The van der Waals surface area contributed by atoms with Gasteiger partial charge in [0.1, 0.15) is 19.8 Å². The summed E-state index contributed by atoms with van der Waals surface area (Å²) >= 11 is 0. The fraction of sp³-hybridized carbons (Fsp3) is 0.625. The number of allylic oxidation sites excluding steroid dienone is 28. The summed E-state index contributed by atoms with van der Waals surface area (Å²) in [7, 11) is 1.46. The first-order valence-electron chi connectivity index (χ1n) is 35.9. The van der Waals surface area contributed by atoms with E-state index in [1.807, 2.05) is 21.1 Å². The molecule has 0 radical (unpaired) electrons. The molecule has 9 nitrogen and oxygen atoms in total. The van der Waals surface area contributed by atoms with Gasteiger partial charge in [-0.05, 0) is 128 Å². The molecule has 0 saturated carbocycles. The van der Waals surface area contributed by atoms with E-state index in [0.29, 0.717) is 17.4 Å². The molecule has 0 saturated heterocycles. The van der Waals surface area contributed by atoms with Crippen LogP contribution in [-0.2, 0) is 32.7 Å². The number of unbranched alkanes of at least 4 members (excludes halogenated alkanes) is 22. The Hall–Kier alpha value is -4.63. The van der Waals surface area contributed by atoms with Crippen molar-refractivity contribution in [3.63, 3.8) is 0 Å². The van der Waals surface area contributed by atoms with Gasteiger partial charge in [0.05, 0.1) is 27.7 Å². The number of carbonyl (C=O) groups excluding carboxylic acids is 2. The number of nitrogens with zero attached hydrogens (tertiary/aromatic N) is 1. The number of phosphoric ester groups is 1. The summed E-state index contributed by atoms with van der Waals surface area (Å²) < 4.78 is 34.7. The fourth-order valence-corrected chi connectivity index (χ4v) is 10.1. The second-order valence-corrected chi connectivity index (χ2v) is 26.0. The third kappa shape index (κ3) is 72.4. The van der Waals surface area contributed by atoms with E-state index in [1.165, 1.54) is 96.3 Å². The van der Waals surface area contributed by atoms with Crippen LogP contribution in [0.2, 0.25) is 0 Å². The molecule has 510 valence electrons. The van der Waals surface area contributed by atoms with E-state index < -0.39 is 26.5 Å². The Bertz CT molecular complexity index is 2130. The molecule has 0 rings (SSSR count). The highest BCUT2D eigenvalue weighted by Gasteiger charge is 2.27. The van der Waals surface area contributed by atoms with Crippen LogP contribution < -0.4 is 0 Å². The molecule has 2 atom stereocenters. The lowest BCUT2D eigenvalue weighted by molar-refractivity contribution is -0.870. The number of hydrogen-bond acceptors (Lipinski definition) is 7. The zero-order valence-electron chi connectivity index (χ0n) is 58.1. The number of hydrogen-bond donors (Lipinski definition) is 1. The Morgan fingerprint density at radius 3 is 0.889 bits per heavy atom. The minimum absolute atomic E-state index is 0.0225. The quantitative estimate of drug-likeness (QED) is 0.0211. The number of quaternary nitrogens is 1. The van der Waals surface area contributed by atoms with Gasteiger partial charge in [0.2, 0.25) is 0 Å². The van der Waals surface area contributed by atoms with Gasteiger partial charge in [-0.2, -0.15) is 0 Å². The normalized spacial score (nSPS) is 14.2. The van der Waals surface area contributed by atoms with Gasteiger partial charge < -0.3 is 18.9 Å². The Labute approximate surface area is 553 Å². The van der Waals surface area contributed by atoms with Gasteiger partial charge in [0.25, 0.3) is 0 Å². The highest BCUT2D eigenvalue weighted by atomic mass is 31.2. The molecule has 10 heteroatoms. The monoisotopic (exact) mass is 1270 g/mol. The molecule has 0 amide bonds. The van der Waals surface area contributed by atoms with E-state index in [9.17, 15) is 19.0 Å². The van der Waals surface area contributed by atoms with Crippen molar-refractivity contribution in [1.29, 1.82) is 0 Å². The molecule has 0 aromatic heterocycles. The van der Waals surface area contributed by atoms with Crippen molar-refractivity contribution in [2.75, 3.05) is 47.5 Å². The number of esters is 2. The van der Waals surface area contributed by atoms with Crippen molar-refractivity contribution >= 4 is 19.8 Å². The van der Waals surface area contributed by atoms with Crippen LogP contribution in [0.15, 0.2) is 170 Å². The lowest BCUT2D eigenvalue weighted by Gasteiger charge is -2.24. The maximum Gasteiger partial charge on any atom is 0.472 e. The highest BCUT2D eigenvalue weighted by molar-refractivity contribution is 7.47. The number of phosphoric acid groups is 1. The number of rotatable bonds is 64. The number of ether oxygens (including phenoxy) is 2. The summed E-state index contributed by atoms with van der Waals surface area (Å²) in [5, 5.41) is 0. The standard InChI is InChI=1S/C80H132NO8P/c1-6-8-10-12-14-16-18-20-22-24-26-28-30-32-34-36-38-39-40-41-43-45-47-49-51-53-55-57-59-61-63-65-67-69-71-73-80(83)89-78(77-88-90(84,85)87-75-74-81(3,4)5)76-86-79(82)72-70-68-66-64-62-60-58-56-54-52-50-48-46-44-42-37-35-33-31-29-27-25-23-21-19-17-15-13-11-9-7-2/h8-11,14-17,20-23,26-29,32-35,38-39,41-44,48,50,78H,6-7,12-13,18-19,24-25,30-31,36-37,40,45-47,49,51-77H2,1-5H3/p+1/b10-8-,11-9-,16-14-,17-15-,22-20-,23-21-,28-26-,29-27-,34-32-,35-33-,39-38-,43-41-,44-42-,50-48-. The topological polar surface area (TPSA) is 108 Å². The lowest BCUT2D eigenvalue weighted by atomic mass is 10.0. The maximum absolute atomic E-state index is 12.9. The van der Waals surface area contributed by atoms with Crippen LogP contribution in [-0.4, -0.2) is 74.9 Å². The minimum atomic E-state index is -4.41. The third-order valence-corrected chi connectivity index (χ3v) is 15.7. The molecule has 0 heterocycles. The summed E-state index contributed by atoms with van der Waals surface area (Å²) in [4.78, 5) is 35.9. The molecule has 0 aromatic rings. The second kappa shape index (κ2) is 68.7. The Morgan fingerprint density at radius 2 is 0.600 bits per heavy atom. The second-order valence-electron chi connectivity index (χ2n) is 24.5. The van der Waals surface area contributed by atoms with Gasteiger partial charge in [-0.15, -0.1) is 0 Å². The van der Waals surface area contributed by atoms with Crippen molar-refractivity contribution in [3.8, 4) is 0 Å². The van der Waals surface area contributed by atoms with Crippen LogP contribution in [0.5, 0.6) is 0 Å². The number of carbonyl (C=O) groups is 2. The molecular weight excluding hydrogens is 1130 g/mol. The summed E-state index contributed by atoms with van der Waals surface area (Å²) in [6.07, 6.45) is 104. The van der Waals surface area contributed by atoms with Crippen LogP contribution in [0.4, 0.5) is 0 Å². The molecular formula is C80H133NO8P+. The molecule has 90 heavy (non-hydrogen) atoms. The summed E-state index contributed by atoms with van der Waals surface area (Å²) in [5.74, 6) is -0.812. The van der Waals surface area contributed by atoms with E-state index in [1.54, 1.807) is 0 Å². The minimum Gasteiger partial charge on any atom is -0.462 e. The molecule has 0 aliphatic heterocycles. The Kier molecular flexibility index (Phi) is 65.2. The average Bonchev–Trinajstić information content (AvgIpc) is 3.61. The van der Waals surface area contributed by atoms with Crippen LogP contribution in [0.3, 0.4) is 0 Å². The zero-order valence-corrected chi connectivity index (χ0v) is 58.9. The molecule has 1 N–H and O–H groups in total. The molecule has 0 aromatic carbocycles. The van der Waals surface area contributed by atoms with Gasteiger partial charge in [0.15, 0.2) is 6.10 Å². The van der Waals surface area contributed by atoms with E-state index in [4.69, 9.17) is 18.5 Å². The smallest absolute Gasteiger partial charge is 0.462 e. The van der Waals surface area contributed by atoms with Crippen molar-refractivity contribution in [1.82, 2.24) is 0 Å². The van der Waals surface area contributed by atoms with Gasteiger partial charge in [0, 0.05) is 12.8 Å². The highest BCUT2D eigenvalue weighted by Crippen LogP contribution is 2.43. The number of likely N-dealkylation sites (N-methyl/N-ethyl adjacent to an activating group) is 1. The zero-order chi connectivity index (χ0) is 65.5. The molecule has 0 bridgehead atoms. The first kappa shape index (κ1) is 85.4. The van der Waals surface area contributed by atoms with Crippen molar-refractivity contribution in [2.45, 2.75) is 277 Å². The summed E-state index contributed by atoms with van der Waals surface area (Å²) in [5.41, 5.74) is 0. The van der Waals surface area contributed by atoms with E-state index >= 15 is 0 Å². The lowest BCUT2D eigenvalue weighted by Crippen LogP contribution is -2.37. The predicted molar refractivity (Wildman–Crippen MR) is 389 cm³/mol. The molecule has 0 aliphatic carbocycles. The summed E-state index contributed by atoms with van der Waals surface area (Å²) in [6.45, 7) is 4.19. The first-order valence-corrected chi connectivity index (χ1v) is 37.4. The fourth-order valence-electron chi connectivity index (χ4n) is 9.33. The van der Waals surface area contributed by atoms with Gasteiger partial charge >= 0.3 is 19.8 Å². The predicted octanol–water partition coefficient (Wildman–Crippen LogP) is 23.7. The molecule has 0 fully saturated rings.